The van der Waals surface area contributed by atoms with E-state index in [0.717, 1.165) is 49.2 Å². The van der Waals surface area contributed by atoms with Crippen LogP contribution in [0.2, 0.25) is 5.02 Å². The summed E-state index contributed by atoms with van der Waals surface area (Å²) < 4.78 is 33.8. The van der Waals surface area contributed by atoms with E-state index in [4.69, 9.17) is 21.6 Å². The van der Waals surface area contributed by atoms with Crippen LogP contribution < -0.4 is 9.46 Å². The molecule has 182 valence electrons. The standard InChI is InChI=1S/C27H28ClN3O3S/c28-24-4-1-6-27(18-24)35(32,33)30-20-25-5-2-15-31(25)16-3-17-34-26-13-11-23(12-14-26)22-9-7-21(19-29)8-10-22/h1,4,6-14,18,25,30H,2-3,5,15-17,20H2. The number of hydrogen-bond donors (Lipinski definition) is 1. The highest BCUT2D eigenvalue weighted by Crippen LogP contribution is 2.23. The second-order valence-corrected chi connectivity index (χ2v) is 10.8. The van der Waals surface area contributed by atoms with Gasteiger partial charge in [-0.2, -0.15) is 5.26 Å². The highest BCUT2D eigenvalue weighted by molar-refractivity contribution is 7.89. The van der Waals surface area contributed by atoms with Crippen LogP contribution in [0.4, 0.5) is 0 Å². The molecule has 0 spiro atoms. The van der Waals surface area contributed by atoms with Gasteiger partial charge >= 0.3 is 0 Å². The van der Waals surface area contributed by atoms with Gasteiger partial charge in [0, 0.05) is 24.2 Å². The molecule has 0 saturated carbocycles. The average molecular weight is 510 g/mol. The second kappa shape index (κ2) is 11.7. The van der Waals surface area contributed by atoms with Crippen molar-refractivity contribution in [1.82, 2.24) is 9.62 Å². The van der Waals surface area contributed by atoms with Crippen molar-refractivity contribution in [1.29, 1.82) is 5.26 Å². The minimum atomic E-state index is -3.58. The van der Waals surface area contributed by atoms with E-state index in [-0.39, 0.29) is 10.9 Å². The molecule has 1 N–H and O–H groups in total. The molecular weight excluding hydrogens is 482 g/mol. The number of nitrogens with one attached hydrogen (secondary N) is 1. The third-order valence-electron chi connectivity index (χ3n) is 6.17. The number of benzene rings is 3. The number of likely N-dealkylation sites (tertiary alicyclic amines) is 1. The second-order valence-electron chi connectivity index (χ2n) is 8.56. The lowest BCUT2D eigenvalue weighted by atomic mass is 10.0. The van der Waals surface area contributed by atoms with Crippen LogP contribution in [0.5, 0.6) is 5.75 Å². The molecule has 0 bridgehead atoms. The van der Waals surface area contributed by atoms with Crippen LogP contribution in [-0.4, -0.2) is 45.6 Å². The molecule has 35 heavy (non-hydrogen) atoms. The fourth-order valence-corrected chi connectivity index (χ4v) is 5.66. The first-order valence-electron chi connectivity index (χ1n) is 11.7. The van der Waals surface area contributed by atoms with Gasteiger partial charge in [-0.25, -0.2) is 13.1 Å². The zero-order chi connectivity index (χ0) is 24.7. The first kappa shape index (κ1) is 25.2. The fourth-order valence-electron chi connectivity index (χ4n) is 4.28. The van der Waals surface area contributed by atoms with Gasteiger partial charge in [-0.15, -0.1) is 0 Å². The first-order valence-corrected chi connectivity index (χ1v) is 13.5. The van der Waals surface area contributed by atoms with Crippen molar-refractivity contribution in [3.05, 3.63) is 83.4 Å². The van der Waals surface area contributed by atoms with E-state index in [9.17, 15) is 8.42 Å². The van der Waals surface area contributed by atoms with E-state index < -0.39 is 10.0 Å². The molecule has 6 nitrogen and oxygen atoms in total. The Balaban J connectivity index is 1.22. The summed E-state index contributed by atoms with van der Waals surface area (Å²) in [6.07, 6.45) is 2.88. The van der Waals surface area contributed by atoms with Gasteiger partial charge in [-0.05, 0) is 79.4 Å². The zero-order valence-electron chi connectivity index (χ0n) is 19.4. The lowest BCUT2D eigenvalue weighted by molar-refractivity contribution is 0.221. The lowest BCUT2D eigenvalue weighted by Crippen LogP contribution is -2.40. The molecule has 1 aliphatic heterocycles. The predicted molar refractivity (Wildman–Crippen MR) is 138 cm³/mol. The van der Waals surface area contributed by atoms with Crippen LogP contribution in [0.3, 0.4) is 0 Å². The maximum Gasteiger partial charge on any atom is 0.240 e. The number of halogens is 1. The molecule has 3 aromatic carbocycles. The summed E-state index contributed by atoms with van der Waals surface area (Å²) in [5.74, 6) is 0.814. The van der Waals surface area contributed by atoms with Gasteiger partial charge in [0.15, 0.2) is 0 Å². The normalized spacial score (nSPS) is 16.2. The first-order chi connectivity index (χ1) is 16.9. The molecule has 0 aromatic heterocycles. The molecule has 0 amide bonds. The topological polar surface area (TPSA) is 82.4 Å². The van der Waals surface area contributed by atoms with Crippen LogP contribution >= 0.6 is 11.6 Å². The summed E-state index contributed by atoms with van der Waals surface area (Å²) in [5, 5.41) is 9.33. The molecule has 4 rings (SSSR count). The van der Waals surface area contributed by atoms with Gasteiger partial charge in [0.05, 0.1) is 23.1 Å². The van der Waals surface area contributed by atoms with Crippen LogP contribution in [0.1, 0.15) is 24.8 Å². The summed E-state index contributed by atoms with van der Waals surface area (Å²) in [5.41, 5.74) is 2.77. The summed E-state index contributed by atoms with van der Waals surface area (Å²) in [6.45, 7) is 2.79. The molecule has 0 radical (unpaired) electrons. The maximum absolute atomic E-state index is 12.6. The van der Waals surface area contributed by atoms with Gasteiger partial charge in [0.25, 0.3) is 0 Å². The maximum atomic E-state index is 12.6. The van der Waals surface area contributed by atoms with Crippen molar-refractivity contribution in [2.45, 2.75) is 30.2 Å². The summed E-state index contributed by atoms with van der Waals surface area (Å²) in [7, 11) is -3.58. The van der Waals surface area contributed by atoms with Crippen LogP contribution in [-0.2, 0) is 10.0 Å². The lowest BCUT2D eigenvalue weighted by Gasteiger charge is -2.24. The van der Waals surface area contributed by atoms with E-state index in [1.54, 1.807) is 18.2 Å². The van der Waals surface area contributed by atoms with Gasteiger partial charge in [0.2, 0.25) is 10.0 Å². The van der Waals surface area contributed by atoms with Crippen molar-refractivity contribution in [2.75, 3.05) is 26.2 Å². The fraction of sp³-hybridized carbons (Fsp3) is 0.296. The number of sulfonamides is 1. The zero-order valence-corrected chi connectivity index (χ0v) is 20.9. The van der Waals surface area contributed by atoms with E-state index in [2.05, 4.69) is 15.7 Å². The summed E-state index contributed by atoms with van der Waals surface area (Å²) >= 11 is 5.94. The summed E-state index contributed by atoms with van der Waals surface area (Å²) in [4.78, 5) is 2.52. The average Bonchev–Trinajstić information content (AvgIpc) is 3.33. The van der Waals surface area contributed by atoms with Crippen molar-refractivity contribution >= 4 is 21.6 Å². The number of nitriles is 1. The molecule has 1 unspecified atom stereocenters. The number of rotatable bonds is 10. The molecule has 1 fully saturated rings. The van der Waals surface area contributed by atoms with E-state index in [1.165, 1.54) is 6.07 Å². The van der Waals surface area contributed by atoms with Gasteiger partial charge < -0.3 is 4.74 Å². The highest BCUT2D eigenvalue weighted by atomic mass is 35.5. The van der Waals surface area contributed by atoms with Crippen molar-refractivity contribution in [3.8, 4) is 22.9 Å². The molecule has 3 aromatic rings. The largest absolute Gasteiger partial charge is 0.494 e. The Morgan fingerprint density at radius 2 is 1.77 bits per heavy atom. The molecule has 1 heterocycles. The van der Waals surface area contributed by atoms with E-state index in [1.807, 2.05) is 48.5 Å². The van der Waals surface area contributed by atoms with E-state index >= 15 is 0 Å². The Labute approximate surface area is 212 Å². The Morgan fingerprint density at radius 1 is 1.06 bits per heavy atom. The number of hydrogen-bond acceptors (Lipinski definition) is 5. The molecule has 1 saturated heterocycles. The smallest absolute Gasteiger partial charge is 0.240 e. The molecule has 0 aliphatic carbocycles. The van der Waals surface area contributed by atoms with Gasteiger partial charge in [-0.3, -0.25) is 4.90 Å². The molecule has 1 aliphatic rings. The van der Waals surface area contributed by atoms with Crippen LogP contribution in [0.15, 0.2) is 77.7 Å². The van der Waals surface area contributed by atoms with Crippen LogP contribution in [0.25, 0.3) is 11.1 Å². The predicted octanol–water partition coefficient (Wildman–Crippen LogP) is 5.09. The number of nitrogens with zero attached hydrogens (tertiary/aromatic N) is 2. The third-order valence-corrected chi connectivity index (χ3v) is 7.83. The Morgan fingerprint density at radius 3 is 2.46 bits per heavy atom. The van der Waals surface area contributed by atoms with Crippen molar-refractivity contribution in [2.24, 2.45) is 0 Å². The minimum Gasteiger partial charge on any atom is -0.494 e. The van der Waals surface area contributed by atoms with Gasteiger partial charge in [-0.1, -0.05) is 41.9 Å². The van der Waals surface area contributed by atoms with Gasteiger partial charge in [0.1, 0.15) is 5.75 Å². The number of ether oxygens (including phenoxy) is 1. The monoisotopic (exact) mass is 509 g/mol. The van der Waals surface area contributed by atoms with E-state index in [0.29, 0.717) is 23.7 Å². The quantitative estimate of drug-likeness (QED) is 0.385. The highest BCUT2D eigenvalue weighted by Gasteiger charge is 2.26. The Kier molecular flexibility index (Phi) is 8.42. The molecule has 1 atom stereocenters. The third kappa shape index (κ3) is 6.83. The van der Waals surface area contributed by atoms with Crippen LogP contribution in [0, 0.1) is 11.3 Å². The SMILES string of the molecule is N#Cc1ccc(-c2ccc(OCCCN3CCCC3CNS(=O)(=O)c3cccc(Cl)c3)cc2)cc1. The Hall–Kier alpha value is -2.89. The molecule has 8 heteroatoms. The Bertz CT molecular complexity index is 1270. The summed E-state index contributed by atoms with van der Waals surface area (Å²) in [6, 6.07) is 24.1. The van der Waals surface area contributed by atoms with Crippen molar-refractivity contribution < 1.29 is 13.2 Å². The molecular formula is C27H28ClN3O3S. The minimum absolute atomic E-state index is 0.177. The van der Waals surface area contributed by atoms with Crippen molar-refractivity contribution in [3.63, 3.8) is 0 Å².